The zero-order valence-electron chi connectivity index (χ0n) is 24.6. The lowest BCUT2D eigenvalue weighted by Gasteiger charge is -2.23. The molecular formula is C32H32ClF3N5O4+. The zero-order chi connectivity index (χ0) is 32.3. The zero-order valence-corrected chi connectivity index (χ0v) is 25.4. The minimum atomic E-state index is -1.38. The number of fused-ring (bicyclic) bond motifs is 1. The van der Waals surface area contributed by atoms with Gasteiger partial charge in [-0.3, -0.25) is 20.3 Å². The fourth-order valence-corrected chi connectivity index (χ4v) is 5.76. The molecule has 2 amide bonds. The molecule has 1 aromatic carbocycles. The lowest BCUT2D eigenvalue weighted by Crippen LogP contribution is -2.85. The summed E-state index contributed by atoms with van der Waals surface area (Å²) in [5.41, 5.74) is 5.99. The van der Waals surface area contributed by atoms with Gasteiger partial charge in [0, 0.05) is 47.7 Å². The van der Waals surface area contributed by atoms with Crippen LogP contribution in [0.2, 0.25) is 5.02 Å². The molecule has 6 N–H and O–H groups in total. The van der Waals surface area contributed by atoms with Crippen molar-refractivity contribution in [2.75, 3.05) is 20.3 Å². The molecule has 1 aromatic heterocycles. The fourth-order valence-electron chi connectivity index (χ4n) is 5.59. The van der Waals surface area contributed by atoms with Crippen LogP contribution in [-0.2, 0) is 19.7 Å². The SMILES string of the molecule is COC1=CC(C(=O)NC[C@H](c2cc3c(c(-c4ccc(F)c(Cl)c4F)n2)OC[C@]3(C)C(N)=O)C2CC2)=C/C(=C/[NH2+]C2(F)CC2)C1=N. The second-order valence-corrected chi connectivity index (χ2v) is 12.5. The number of ether oxygens (including phenoxy) is 2. The number of nitrogens with one attached hydrogen (secondary N) is 2. The second-order valence-electron chi connectivity index (χ2n) is 12.1. The van der Waals surface area contributed by atoms with Gasteiger partial charge in [0.05, 0.1) is 12.7 Å². The Morgan fingerprint density at radius 2 is 2.04 bits per heavy atom. The van der Waals surface area contributed by atoms with E-state index in [0.29, 0.717) is 29.7 Å². The summed E-state index contributed by atoms with van der Waals surface area (Å²) in [5.74, 6) is -4.30. The van der Waals surface area contributed by atoms with Crippen molar-refractivity contribution in [3.63, 3.8) is 0 Å². The van der Waals surface area contributed by atoms with E-state index in [-0.39, 0.29) is 59.0 Å². The summed E-state index contributed by atoms with van der Waals surface area (Å²) >= 11 is 5.90. The number of benzene rings is 1. The van der Waals surface area contributed by atoms with E-state index in [1.54, 1.807) is 13.0 Å². The number of nitrogens with two attached hydrogens (primary N) is 2. The van der Waals surface area contributed by atoms with Crippen LogP contribution in [-0.4, -0.2) is 48.6 Å². The van der Waals surface area contributed by atoms with E-state index in [1.165, 1.54) is 36.8 Å². The number of nitrogens with zero attached hydrogens (tertiary/aromatic N) is 1. The molecule has 3 aliphatic carbocycles. The molecule has 6 rings (SSSR count). The van der Waals surface area contributed by atoms with Crippen LogP contribution in [0.15, 0.2) is 53.5 Å². The van der Waals surface area contributed by atoms with Gasteiger partial charge in [-0.2, -0.15) is 4.39 Å². The summed E-state index contributed by atoms with van der Waals surface area (Å²) in [4.78, 5) is 30.8. The maximum Gasteiger partial charge on any atom is 0.251 e. The van der Waals surface area contributed by atoms with Crippen LogP contribution in [0.1, 0.15) is 49.8 Å². The van der Waals surface area contributed by atoms with Crippen LogP contribution >= 0.6 is 11.6 Å². The van der Waals surface area contributed by atoms with Crippen molar-refractivity contribution >= 4 is 29.1 Å². The number of allylic oxidation sites excluding steroid dienone is 2. The monoisotopic (exact) mass is 642 g/mol. The summed E-state index contributed by atoms with van der Waals surface area (Å²) in [6, 6.07) is 3.95. The lowest BCUT2D eigenvalue weighted by molar-refractivity contribution is -0.670. The third kappa shape index (κ3) is 5.72. The van der Waals surface area contributed by atoms with Crippen molar-refractivity contribution in [1.29, 1.82) is 5.41 Å². The molecule has 0 spiro atoms. The largest absolute Gasteiger partial charge is 0.494 e. The average molecular weight is 643 g/mol. The quantitative estimate of drug-likeness (QED) is 0.230. The van der Waals surface area contributed by atoms with Gasteiger partial charge in [0.15, 0.2) is 5.82 Å². The molecule has 2 aromatic rings. The van der Waals surface area contributed by atoms with Gasteiger partial charge in [-0.1, -0.05) is 11.6 Å². The molecule has 0 saturated heterocycles. The summed E-state index contributed by atoms with van der Waals surface area (Å²) in [5, 5.41) is 12.0. The second kappa shape index (κ2) is 11.3. The first-order chi connectivity index (χ1) is 21.3. The van der Waals surface area contributed by atoms with E-state index in [4.69, 9.17) is 37.2 Å². The van der Waals surface area contributed by atoms with Crippen LogP contribution in [0.4, 0.5) is 13.2 Å². The van der Waals surface area contributed by atoms with Crippen molar-refractivity contribution in [3.05, 3.63) is 81.4 Å². The van der Waals surface area contributed by atoms with Crippen molar-refractivity contribution in [3.8, 4) is 17.0 Å². The first-order valence-corrected chi connectivity index (χ1v) is 14.9. The minimum absolute atomic E-state index is 0.0353. The highest BCUT2D eigenvalue weighted by atomic mass is 35.5. The number of carbonyl (C=O) groups is 2. The van der Waals surface area contributed by atoms with E-state index >= 15 is 4.39 Å². The van der Waals surface area contributed by atoms with Crippen molar-refractivity contribution < 1.29 is 37.6 Å². The third-order valence-electron chi connectivity index (χ3n) is 8.88. The van der Waals surface area contributed by atoms with Crippen molar-refractivity contribution in [2.24, 2.45) is 11.7 Å². The first kappa shape index (κ1) is 30.8. The number of alkyl halides is 1. The van der Waals surface area contributed by atoms with Gasteiger partial charge in [0.25, 0.3) is 5.91 Å². The van der Waals surface area contributed by atoms with Gasteiger partial charge in [-0.05, 0) is 56.0 Å². The van der Waals surface area contributed by atoms with Gasteiger partial charge in [0.2, 0.25) is 11.7 Å². The number of aromatic nitrogens is 1. The number of primary amides is 1. The van der Waals surface area contributed by atoms with Gasteiger partial charge >= 0.3 is 0 Å². The standard InChI is InChI=1S/C32H31ClF3N5O4/c1-31(30(38)43)14-45-28-20(31)11-22(41-27(28)18-5-6-21(34)24(33)25(18)35)19(15-3-4-15)13-39-29(42)16-9-17(12-40-32(36)7-8-32)26(37)23(10-16)44-2/h5-6,9-12,15,19,37,40H,3-4,7-8,13-14H2,1-2H3,(H2,38,43)(H,39,42)/p+1/b17-12-,37-26?/t19-,31-/m0/s1. The number of carbonyl (C=O) groups excluding carboxylic acids is 2. The first-order valence-electron chi connectivity index (χ1n) is 14.6. The fraction of sp³-hybridized carbons (Fsp3) is 0.375. The highest BCUT2D eigenvalue weighted by Crippen LogP contribution is 2.49. The Morgan fingerprint density at radius 3 is 2.69 bits per heavy atom. The van der Waals surface area contributed by atoms with E-state index < -0.39 is 39.7 Å². The maximum atomic E-state index is 15.3. The minimum Gasteiger partial charge on any atom is -0.494 e. The Bertz CT molecular complexity index is 1730. The summed E-state index contributed by atoms with van der Waals surface area (Å²) in [7, 11) is 1.39. The Kier molecular flexibility index (Phi) is 7.77. The summed E-state index contributed by atoms with van der Waals surface area (Å²) < 4.78 is 54.7. The molecule has 13 heteroatoms. The number of pyridine rings is 1. The molecule has 45 heavy (non-hydrogen) atoms. The Balaban J connectivity index is 1.33. The Labute approximate surface area is 262 Å². The van der Waals surface area contributed by atoms with E-state index in [0.717, 1.165) is 18.9 Å². The number of methoxy groups -OCH3 is 1. The van der Waals surface area contributed by atoms with Crippen molar-refractivity contribution in [2.45, 2.75) is 49.7 Å². The number of hydrogen-bond acceptors (Lipinski definition) is 6. The number of amides is 2. The molecule has 2 fully saturated rings. The van der Waals surface area contributed by atoms with Crippen LogP contribution in [0.3, 0.4) is 0 Å². The van der Waals surface area contributed by atoms with E-state index in [2.05, 4.69) is 5.32 Å². The van der Waals surface area contributed by atoms with Gasteiger partial charge < -0.3 is 20.5 Å². The molecule has 4 aliphatic rings. The van der Waals surface area contributed by atoms with Crippen LogP contribution in [0.25, 0.3) is 11.3 Å². The molecular weight excluding hydrogens is 611 g/mol. The summed E-state index contributed by atoms with van der Waals surface area (Å²) in [6.07, 6.45) is 7.01. The summed E-state index contributed by atoms with van der Waals surface area (Å²) in [6.45, 7) is 1.67. The molecule has 0 unspecified atom stereocenters. The predicted octanol–water partition coefficient (Wildman–Crippen LogP) is 3.82. The topological polar surface area (TPSA) is 144 Å². The molecule has 2 heterocycles. The highest BCUT2D eigenvalue weighted by molar-refractivity contribution is 6.31. The van der Waals surface area contributed by atoms with Crippen LogP contribution in [0.5, 0.6) is 5.75 Å². The van der Waals surface area contributed by atoms with E-state index in [9.17, 15) is 18.4 Å². The predicted molar refractivity (Wildman–Crippen MR) is 159 cm³/mol. The normalized spacial score (nSPS) is 23.1. The molecule has 0 bridgehead atoms. The molecule has 9 nitrogen and oxygen atoms in total. The van der Waals surface area contributed by atoms with Gasteiger partial charge in [-0.25, -0.2) is 13.8 Å². The van der Waals surface area contributed by atoms with Crippen molar-refractivity contribution in [1.82, 2.24) is 10.3 Å². The molecule has 236 valence electrons. The molecule has 1 aliphatic heterocycles. The number of halogens is 4. The number of hydrogen-bond donors (Lipinski definition) is 4. The number of rotatable bonds is 10. The van der Waals surface area contributed by atoms with Crippen LogP contribution < -0.4 is 21.1 Å². The number of quaternary nitrogens is 1. The third-order valence-corrected chi connectivity index (χ3v) is 9.23. The smallest absolute Gasteiger partial charge is 0.251 e. The lowest BCUT2D eigenvalue weighted by atomic mass is 9.82. The molecule has 2 saturated carbocycles. The molecule has 2 atom stereocenters. The Morgan fingerprint density at radius 1 is 1.31 bits per heavy atom. The van der Waals surface area contributed by atoms with Crippen LogP contribution in [0, 0.1) is 23.0 Å². The maximum absolute atomic E-state index is 15.3. The van der Waals surface area contributed by atoms with E-state index in [1.807, 2.05) is 0 Å². The highest BCUT2D eigenvalue weighted by Gasteiger charge is 2.48. The van der Waals surface area contributed by atoms with Gasteiger partial charge in [-0.15, -0.1) is 0 Å². The Hall–Kier alpha value is -4.16. The molecule has 0 radical (unpaired) electrons. The average Bonchev–Trinajstić information content (AvgIpc) is 3.95. The van der Waals surface area contributed by atoms with Gasteiger partial charge in [0.1, 0.15) is 52.0 Å².